The number of hydrogen-bond acceptors (Lipinski definition) is 2. The summed E-state index contributed by atoms with van der Waals surface area (Å²) in [5, 5.41) is 0. The van der Waals surface area contributed by atoms with Crippen LogP contribution in [0.2, 0.25) is 0 Å². The van der Waals surface area contributed by atoms with E-state index in [0.717, 1.165) is 24.0 Å². The van der Waals surface area contributed by atoms with Crippen LogP contribution in [-0.4, -0.2) is 12.6 Å². The highest BCUT2D eigenvalue weighted by Crippen LogP contribution is 2.32. The van der Waals surface area contributed by atoms with Crippen molar-refractivity contribution < 1.29 is 9.53 Å². The SMILES string of the molecule is CC(C)CC(c1ccc2c(c1)C(=O)OCC2)C(C)C. The van der Waals surface area contributed by atoms with Crippen LogP contribution in [0.4, 0.5) is 0 Å². The van der Waals surface area contributed by atoms with E-state index in [4.69, 9.17) is 4.74 Å². The zero-order valence-corrected chi connectivity index (χ0v) is 12.4. The first-order chi connectivity index (χ1) is 8.99. The number of cyclic esters (lactones) is 1. The Morgan fingerprint density at radius 2 is 1.95 bits per heavy atom. The third-order valence-corrected chi connectivity index (χ3v) is 3.92. The van der Waals surface area contributed by atoms with Crippen LogP contribution in [-0.2, 0) is 11.2 Å². The monoisotopic (exact) mass is 260 g/mol. The van der Waals surface area contributed by atoms with Gasteiger partial charge in [-0.1, -0.05) is 39.8 Å². The van der Waals surface area contributed by atoms with Crippen LogP contribution in [0.1, 0.15) is 61.5 Å². The van der Waals surface area contributed by atoms with E-state index in [-0.39, 0.29) is 5.97 Å². The molecule has 2 heteroatoms. The topological polar surface area (TPSA) is 26.3 Å². The molecule has 0 aromatic heterocycles. The molecule has 1 heterocycles. The maximum Gasteiger partial charge on any atom is 0.338 e. The summed E-state index contributed by atoms with van der Waals surface area (Å²) in [4.78, 5) is 11.8. The van der Waals surface area contributed by atoms with Gasteiger partial charge in [-0.2, -0.15) is 0 Å². The quantitative estimate of drug-likeness (QED) is 0.759. The smallest absolute Gasteiger partial charge is 0.338 e. The van der Waals surface area contributed by atoms with Gasteiger partial charge in [0.05, 0.1) is 12.2 Å². The van der Waals surface area contributed by atoms with Gasteiger partial charge >= 0.3 is 5.97 Å². The Morgan fingerprint density at radius 3 is 2.58 bits per heavy atom. The average molecular weight is 260 g/mol. The van der Waals surface area contributed by atoms with Crippen molar-refractivity contribution in [2.75, 3.05) is 6.61 Å². The Labute approximate surface area is 116 Å². The lowest BCUT2D eigenvalue weighted by Crippen LogP contribution is -2.19. The van der Waals surface area contributed by atoms with Gasteiger partial charge in [-0.15, -0.1) is 0 Å². The van der Waals surface area contributed by atoms with E-state index in [1.54, 1.807) is 0 Å². The molecule has 1 aromatic rings. The van der Waals surface area contributed by atoms with E-state index in [0.29, 0.717) is 24.4 Å². The molecule has 0 spiro atoms. The van der Waals surface area contributed by atoms with Gasteiger partial charge in [0.2, 0.25) is 0 Å². The van der Waals surface area contributed by atoms with Crippen molar-refractivity contribution >= 4 is 5.97 Å². The summed E-state index contributed by atoms with van der Waals surface area (Å²) in [5.74, 6) is 1.60. The number of hydrogen-bond donors (Lipinski definition) is 0. The summed E-state index contributed by atoms with van der Waals surface area (Å²) < 4.78 is 5.14. The number of rotatable bonds is 4. The molecule has 1 aromatic carbocycles. The molecule has 0 N–H and O–H groups in total. The minimum atomic E-state index is -0.157. The van der Waals surface area contributed by atoms with Crippen LogP contribution in [0, 0.1) is 11.8 Å². The molecule has 0 amide bonds. The minimum absolute atomic E-state index is 0.157. The number of benzene rings is 1. The number of fused-ring (bicyclic) bond motifs is 1. The third kappa shape index (κ3) is 3.17. The Kier molecular flexibility index (Phi) is 4.28. The van der Waals surface area contributed by atoms with Gasteiger partial charge in [0.15, 0.2) is 0 Å². The molecule has 0 saturated heterocycles. The number of carbonyl (C=O) groups excluding carboxylic acids is 1. The van der Waals surface area contributed by atoms with E-state index in [2.05, 4.69) is 45.9 Å². The molecule has 0 fully saturated rings. The van der Waals surface area contributed by atoms with E-state index in [9.17, 15) is 4.79 Å². The number of carbonyl (C=O) groups is 1. The highest BCUT2D eigenvalue weighted by molar-refractivity contribution is 5.92. The predicted octanol–water partition coefficient (Wildman–Crippen LogP) is 4.19. The molecular weight excluding hydrogens is 236 g/mol. The fourth-order valence-electron chi connectivity index (χ4n) is 2.87. The lowest BCUT2D eigenvalue weighted by Gasteiger charge is -2.25. The first-order valence-corrected chi connectivity index (χ1v) is 7.29. The van der Waals surface area contributed by atoms with E-state index < -0.39 is 0 Å². The number of esters is 1. The van der Waals surface area contributed by atoms with Gasteiger partial charge < -0.3 is 4.74 Å². The summed E-state index contributed by atoms with van der Waals surface area (Å²) in [6, 6.07) is 6.37. The average Bonchev–Trinajstić information content (AvgIpc) is 2.36. The van der Waals surface area contributed by atoms with Crippen LogP contribution in [0.25, 0.3) is 0 Å². The molecule has 1 unspecified atom stereocenters. The zero-order chi connectivity index (χ0) is 14.0. The Bertz CT molecular complexity index is 460. The second kappa shape index (κ2) is 5.77. The second-order valence-corrected chi connectivity index (χ2v) is 6.28. The van der Waals surface area contributed by atoms with Gasteiger partial charge in [0.1, 0.15) is 0 Å². The summed E-state index contributed by atoms with van der Waals surface area (Å²) >= 11 is 0. The summed E-state index contributed by atoms with van der Waals surface area (Å²) in [7, 11) is 0. The molecule has 1 aliphatic heterocycles. The largest absolute Gasteiger partial charge is 0.462 e. The summed E-state index contributed by atoms with van der Waals surface area (Å²) in [5.41, 5.74) is 3.19. The Balaban J connectivity index is 2.33. The lowest BCUT2D eigenvalue weighted by molar-refractivity contribution is 0.0480. The van der Waals surface area contributed by atoms with Crippen molar-refractivity contribution in [3.8, 4) is 0 Å². The standard InChI is InChI=1S/C17H24O2/c1-11(2)9-15(12(3)4)14-6-5-13-7-8-19-17(18)16(13)10-14/h5-6,10-12,15H,7-9H2,1-4H3. The molecule has 0 bridgehead atoms. The lowest BCUT2D eigenvalue weighted by atomic mass is 9.81. The molecule has 104 valence electrons. The second-order valence-electron chi connectivity index (χ2n) is 6.28. The van der Waals surface area contributed by atoms with E-state index in [1.165, 1.54) is 5.56 Å². The van der Waals surface area contributed by atoms with Crippen molar-refractivity contribution in [2.45, 2.75) is 46.5 Å². The van der Waals surface area contributed by atoms with Gasteiger partial charge in [-0.3, -0.25) is 0 Å². The van der Waals surface area contributed by atoms with E-state index >= 15 is 0 Å². The molecule has 0 saturated carbocycles. The summed E-state index contributed by atoms with van der Waals surface area (Å²) in [6.45, 7) is 9.53. The molecule has 0 radical (unpaired) electrons. The molecule has 2 nitrogen and oxygen atoms in total. The maximum atomic E-state index is 11.8. The van der Waals surface area contributed by atoms with Gasteiger partial charge in [0, 0.05) is 6.42 Å². The van der Waals surface area contributed by atoms with Crippen molar-refractivity contribution in [1.29, 1.82) is 0 Å². The highest BCUT2D eigenvalue weighted by Gasteiger charge is 2.23. The maximum absolute atomic E-state index is 11.8. The first kappa shape index (κ1) is 14.1. The molecule has 2 rings (SSSR count). The fraction of sp³-hybridized carbons (Fsp3) is 0.588. The molecule has 0 aliphatic carbocycles. The Morgan fingerprint density at radius 1 is 1.21 bits per heavy atom. The summed E-state index contributed by atoms with van der Waals surface area (Å²) in [6.07, 6.45) is 2.00. The van der Waals surface area contributed by atoms with Crippen molar-refractivity contribution in [1.82, 2.24) is 0 Å². The molecule has 1 atom stereocenters. The van der Waals surface area contributed by atoms with Crippen LogP contribution in [0.15, 0.2) is 18.2 Å². The number of ether oxygens (including phenoxy) is 1. The van der Waals surface area contributed by atoms with Gasteiger partial charge in [-0.05, 0) is 41.4 Å². The normalized spacial score (nSPS) is 16.4. The fourth-order valence-corrected chi connectivity index (χ4v) is 2.87. The highest BCUT2D eigenvalue weighted by atomic mass is 16.5. The van der Waals surface area contributed by atoms with Crippen LogP contribution in [0.5, 0.6) is 0 Å². The van der Waals surface area contributed by atoms with Crippen LogP contribution < -0.4 is 0 Å². The van der Waals surface area contributed by atoms with Crippen LogP contribution in [0.3, 0.4) is 0 Å². The van der Waals surface area contributed by atoms with Gasteiger partial charge in [-0.25, -0.2) is 4.79 Å². The van der Waals surface area contributed by atoms with Crippen molar-refractivity contribution in [3.63, 3.8) is 0 Å². The third-order valence-electron chi connectivity index (χ3n) is 3.92. The molecule has 1 aliphatic rings. The van der Waals surface area contributed by atoms with Gasteiger partial charge in [0.25, 0.3) is 0 Å². The van der Waals surface area contributed by atoms with E-state index in [1.807, 2.05) is 0 Å². The first-order valence-electron chi connectivity index (χ1n) is 7.29. The molecule has 19 heavy (non-hydrogen) atoms. The minimum Gasteiger partial charge on any atom is -0.462 e. The zero-order valence-electron chi connectivity index (χ0n) is 12.4. The van der Waals surface area contributed by atoms with Crippen molar-refractivity contribution in [2.24, 2.45) is 11.8 Å². The predicted molar refractivity (Wildman–Crippen MR) is 77.5 cm³/mol. The Hall–Kier alpha value is -1.31. The molecular formula is C17H24O2. The van der Waals surface area contributed by atoms with Crippen LogP contribution >= 0.6 is 0 Å². The van der Waals surface area contributed by atoms with Crippen molar-refractivity contribution in [3.05, 3.63) is 34.9 Å².